The van der Waals surface area contributed by atoms with E-state index in [2.05, 4.69) is 67.8 Å². The molecule has 66 heavy (non-hydrogen) atoms. The molecule has 0 aromatic rings. The van der Waals surface area contributed by atoms with E-state index in [-0.39, 0.29) is 32.3 Å². The van der Waals surface area contributed by atoms with Crippen molar-refractivity contribution in [2.45, 2.75) is 225 Å². The first-order chi connectivity index (χ1) is 32.1. The zero-order chi connectivity index (χ0) is 48.6. The Hall–Kier alpha value is -1.97. The third-order valence-electron chi connectivity index (χ3n) is 11.6. The molecule has 0 aromatic carbocycles. The number of aliphatic hydroxyl groups excluding tert-OH is 4. The second-order valence-corrected chi connectivity index (χ2v) is 18.1. The van der Waals surface area contributed by atoms with Crippen LogP contribution in [-0.2, 0) is 23.7 Å². The minimum Gasteiger partial charge on any atom is -0.391 e. The highest BCUT2D eigenvalue weighted by atomic mass is 16.6. The molecule has 0 radical (unpaired) electrons. The number of carbonyl (C=O) groups excluding carboxylic acids is 1. The van der Waals surface area contributed by atoms with Crippen LogP contribution in [0.5, 0.6) is 0 Å². The number of allylic oxidation sites excluding steroid dienone is 8. The van der Waals surface area contributed by atoms with Gasteiger partial charge in [0.05, 0.1) is 52.3 Å². The lowest BCUT2D eigenvalue weighted by Crippen LogP contribution is -2.44. The van der Waals surface area contributed by atoms with Crippen LogP contribution in [0.25, 0.3) is 0 Å². The molecule has 0 fully saturated rings. The topological polar surface area (TPSA) is 170 Å². The number of carbonyl (C=O) groups is 1. The quantitative estimate of drug-likeness (QED) is 0.0195. The molecule has 0 saturated heterocycles. The monoisotopic (exact) mass is 939 g/mol. The summed E-state index contributed by atoms with van der Waals surface area (Å²) in [7, 11) is 1.91. The Morgan fingerprint density at radius 2 is 1.00 bits per heavy atom. The van der Waals surface area contributed by atoms with Crippen molar-refractivity contribution in [1.82, 2.24) is 10.2 Å². The van der Waals surface area contributed by atoms with Crippen molar-refractivity contribution in [1.29, 1.82) is 0 Å². The van der Waals surface area contributed by atoms with Crippen LogP contribution in [0, 0.1) is 0 Å². The molecule has 0 spiro atoms. The molecule has 0 bridgehead atoms. The molecule has 388 valence electrons. The van der Waals surface area contributed by atoms with E-state index in [9.17, 15) is 30.3 Å². The fourth-order valence-corrected chi connectivity index (χ4v) is 7.39. The van der Waals surface area contributed by atoms with Crippen molar-refractivity contribution in [3.05, 3.63) is 48.6 Å². The van der Waals surface area contributed by atoms with E-state index in [0.717, 1.165) is 57.8 Å². The molecule has 6 N–H and O–H groups in total. The molecule has 0 rings (SSSR count). The molecule has 0 heterocycles. The second kappa shape index (κ2) is 48.1. The summed E-state index contributed by atoms with van der Waals surface area (Å²) in [6.07, 6.45) is 43.1. The number of hydrogen-bond donors (Lipinski definition) is 6. The molecule has 4 unspecified atom stereocenters. The summed E-state index contributed by atoms with van der Waals surface area (Å²) in [5.41, 5.74) is 0. The minimum atomic E-state index is -1.65. The van der Waals surface area contributed by atoms with Crippen LogP contribution in [0.4, 0.5) is 0 Å². The lowest BCUT2D eigenvalue weighted by atomic mass is 9.98. The molecule has 0 aliphatic rings. The van der Waals surface area contributed by atoms with Gasteiger partial charge in [0.15, 0.2) is 12.1 Å². The Bertz CT molecular complexity index is 1120. The van der Waals surface area contributed by atoms with Gasteiger partial charge in [-0.2, -0.15) is 0 Å². The van der Waals surface area contributed by atoms with Crippen LogP contribution in [-0.4, -0.2) is 133 Å². The normalized spacial score (nSPS) is 14.5. The molecule has 1 amide bonds. The highest BCUT2D eigenvalue weighted by Crippen LogP contribution is 2.25. The van der Waals surface area contributed by atoms with Gasteiger partial charge in [-0.3, -0.25) is 9.69 Å². The van der Waals surface area contributed by atoms with E-state index in [1.54, 1.807) is 0 Å². The average molecular weight is 939 g/mol. The van der Waals surface area contributed by atoms with Crippen molar-refractivity contribution in [2.24, 2.45) is 0 Å². The molecular formula is C54H102N2O10. The molecule has 0 aliphatic heterocycles. The lowest BCUT2D eigenvalue weighted by Gasteiger charge is -2.29. The van der Waals surface area contributed by atoms with Gasteiger partial charge in [0.1, 0.15) is 12.2 Å². The minimum absolute atomic E-state index is 0.0185. The lowest BCUT2D eigenvalue weighted by molar-refractivity contribution is -0.214. The third-order valence-corrected chi connectivity index (χ3v) is 11.6. The van der Waals surface area contributed by atoms with E-state index in [1.165, 1.54) is 110 Å². The molecule has 0 aromatic heterocycles. The maximum Gasteiger partial charge on any atom is 0.234 e. The van der Waals surface area contributed by atoms with Crippen molar-refractivity contribution in [2.75, 3.05) is 66.3 Å². The first kappa shape index (κ1) is 64.0. The maximum absolute atomic E-state index is 12.5. The largest absolute Gasteiger partial charge is 0.391 e. The summed E-state index contributed by atoms with van der Waals surface area (Å²) in [4.78, 5) is 14.5. The van der Waals surface area contributed by atoms with E-state index in [4.69, 9.17) is 18.9 Å². The van der Waals surface area contributed by atoms with Gasteiger partial charge in [-0.25, -0.2) is 0 Å². The Kier molecular flexibility index (Phi) is 46.6. The number of rotatable bonds is 50. The Labute approximate surface area is 403 Å². The van der Waals surface area contributed by atoms with Crippen molar-refractivity contribution in [3.8, 4) is 0 Å². The SMILES string of the molecule is CCCCC/C=C\C/C=C\CCCCCCCCC(O)(CCCCCCCC/C=C\C/C=C\CCCCC)OCCCN(C)CC(=O)NCCOCCOCCOC(O)C(O)C(O)C(C)O. The van der Waals surface area contributed by atoms with Gasteiger partial charge in [-0.1, -0.05) is 140 Å². The number of unbranched alkanes of at least 4 members (excludes halogenated alkanes) is 18. The summed E-state index contributed by atoms with van der Waals surface area (Å²) < 4.78 is 22.1. The first-order valence-corrected chi connectivity index (χ1v) is 26.5. The number of aliphatic hydroxyl groups is 5. The van der Waals surface area contributed by atoms with Gasteiger partial charge in [-0.15, -0.1) is 0 Å². The fraction of sp³-hybridized carbons (Fsp3) is 0.833. The predicted octanol–water partition coefficient (Wildman–Crippen LogP) is 10.0. The Morgan fingerprint density at radius 1 is 0.561 bits per heavy atom. The number of likely N-dealkylation sites (N-methyl/N-ethyl adjacent to an activating group) is 1. The Morgan fingerprint density at radius 3 is 1.48 bits per heavy atom. The zero-order valence-electron chi connectivity index (χ0n) is 42.6. The predicted molar refractivity (Wildman–Crippen MR) is 271 cm³/mol. The van der Waals surface area contributed by atoms with Crippen molar-refractivity contribution in [3.63, 3.8) is 0 Å². The fourth-order valence-electron chi connectivity index (χ4n) is 7.39. The van der Waals surface area contributed by atoms with Gasteiger partial charge in [0.25, 0.3) is 0 Å². The van der Waals surface area contributed by atoms with E-state index in [0.29, 0.717) is 45.8 Å². The second-order valence-electron chi connectivity index (χ2n) is 18.1. The summed E-state index contributed by atoms with van der Waals surface area (Å²) in [5.74, 6) is -1.20. The molecular weight excluding hydrogens is 837 g/mol. The maximum atomic E-state index is 12.5. The van der Waals surface area contributed by atoms with Gasteiger partial charge in [0, 0.05) is 25.9 Å². The highest BCUT2D eigenvalue weighted by molar-refractivity contribution is 5.77. The highest BCUT2D eigenvalue weighted by Gasteiger charge is 2.29. The van der Waals surface area contributed by atoms with Crippen LogP contribution < -0.4 is 5.32 Å². The van der Waals surface area contributed by atoms with Crippen molar-refractivity contribution >= 4 is 5.91 Å². The van der Waals surface area contributed by atoms with Crippen LogP contribution in [0.3, 0.4) is 0 Å². The summed E-state index contributed by atoms with van der Waals surface area (Å²) >= 11 is 0. The third kappa shape index (κ3) is 43.3. The first-order valence-electron chi connectivity index (χ1n) is 26.5. The Balaban J connectivity index is 4.41. The number of hydrogen-bond acceptors (Lipinski definition) is 11. The number of nitrogens with zero attached hydrogens (tertiary/aromatic N) is 1. The molecule has 12 nitrogen and oxygen atoms in total. The van der Waals surface area contributed by atoms with Gasteiger partial charge < -0.3 is 49.8 Å². The van der Waals surface area contributed by atoms with E-state index < -0.39 is 30.4 Å². The van der Waals surface area contributed by atoms with Crippen LogP contribution >= 0.6 is 0 Å². The molecule has 12 heteroatoms. The van der Waals surface area contributed by atoms with Crippen molar-refractivity contribution < 1.29 is 49.3 Å². The number of ether oxygens (including phenoxy) is 4. The van der Waals surface area contributed by atoms with Gasteiger partial charge >= 0.3 is 0 Å². The van der Waals surface area contributed by atoms with Gasteiger partial charge in [-0.05, 0) is 97.4 Å². The van der Waals surface area contributed by atoms with Crippen LogP contribution in [0.1, 0.15) is 194 Å². The van der Waals surface area contributed by atoms with Gasteiger partial charge in [0.2, 0.25) is 5.91 Å². The zero-order valence-corrected chi connectivity index (χ0v) is 42.6. The summed E-state index contributed by atoms with van der Waals surface area (Å²) in [6, 6.07) is 0. The summed E-state index contributed by atoms with van der Waals surface area (Å²) in [5, 5.41) is 52.8. The summed E-state index contributed by atoms with van der Waals surface area (Å²) in [6.45, 7) is 8.56. The smallest absolute Gasteiger partial charge is 0.234 e. The number of nitrogens with one attached hydrogen (secondary N) is 1. The average Bonchev–Trinajstić information content (AvgIpc) is 3.30. The number of amides is 1. The van der Waals surface area contributed by atoms with E-state index in [1.807, 2.05) is 11.9 Å². The van der Waals surface area contributed by atoms with E-state index >= 15 is 0 Å². The molecule has 4 atom stereocenters. The molecule has 0 aliphatic carbocycles. The standard InChI is InChI=1S/C54H102N2O10/c1-5-7-9-11-13-15-17-19-21-23-25-27-29-31-33-35-38-54(62,39-36-34-32-30-28-26-24-22-20-18-16-14-12-10-8-6-2)66-42-37-41-56(4)48-50(58)55-40-43-63-44-45-64-46-47-65-53(61)52(60)51(59)49(3)57/h13-16,19-22,49,51-53,57,59-62H,5-12,17-18,23-48H2,1-4H3,(H,55,58)/b15-13-,16-14-,21-19-,22-20-. The van der Waals surface area contributed by atoms with Crippen LogP contribution in [0.15, 0.2) is 48.6 Å². The molecule has 0 saturated carbocycles. The van der Waals surface area contributed by atoms with Crippen LogP contribution in [0.2, 0.25) is 0 Å².